The topological polar surface area (TPSA) is 90.5 Å². The van der Waals surface area contributed by atoms with Crippen LogP contribution in [0.15, 0.2) is 36.4 Å². The second-order valence-electron chi connectivity index (χ2n) is 10.5. The van der Waals surface area contributed by atoms with Crippen molar-refractivity contribution < 1.29 is 35.9 Å². The number of sulfonamides is 1. The standard InChI is InChI=1S/C27H31Cl2F3N4O5S/c1-16-13-34(9-10-36(16)42(4,39)40)26(38)35-14-19(17-5-7-21(28)22(29)12-17)23(15-35)33(2)25(37)18-6-8-24(41-3)20(11-18)27(30,31)32/h5-8,11-12,16,19,23H,9-10,13-15H2,1-4H3/t16?,19-,23+/m0/s1. The van der Waals surface area contributed by atoms with Gasteiger partial charge in [0, 0.05) is 57.3 Å². The number of ether oxygens (including phenoxy) is 1. The van der Waals surface area contributed by atoms with Crippen LogP contribution in [0.3, 0.4) is 0 Å². The van der Waals surface area contributed by atoms with Crippen molar-refractivity contribution in [2.45, 2.75) is 31.1 Å². The van der Waals surface area contributed by atoms with Crippen LogP contribution < -0.4 is 4.74 Å². The van der Waals surface area contributed by atoms with E-state index in [0.29, 0.717) is 10.6 Å². The van der Waals surface area contributed by atoms with Crippen molar-refractivity contribution in [3.05, 3.63) is 63.1 Å². The Hall–Kier alpha value is -2.74. The van der Waals surface area contributed by atoms with Gasteiger partial charge in [0.2, 0.25) is 10.0 Å². The summed E-state index contributed by atoms with van der Waals surface area (Å²) in [7, 11) is -0.833. The number of benzene rings is 2. The van der Waals surface area contributed by atoms with E-state index in [0.717, 1.165) is 25.5 Å². The van der Waals surface area contributed by atoms with Crippen LogP contribution in [0, 0.1) is 0 Å². The van der Waals surface area contributed by atoms with Crippen LogP contribution in [0.25, 0.3) is 0 Å². The van der Waals surface area contributed by atoms with E-state index in [4.69, 9.17) is 27.9 Å². The van der Waals surface area contributed by atoms with E-state index in [-0.39, 0.29) is 49.3 Å². The highest BCUT2D eigenvalue weighted by atomic mass is 35.5. The lowest BCUT2D eigenvalue weighted by molar-refractivity contribution is -0.138. The van der Waals surface area contributed by atoms with Crippen LogP contribution in [0.1, 0.15) is 34.3 Å². The molecule has 0 spiro atoms. The first-order valence-electron chi connectivity index (χ1n) is 13.0. The molecule has 0 bridgehead atoms. The quantitative estimate of drug-likeness (QED) is 0.470. The van der Waals surface area contributed by atoms with Crippen molar-refractivity contribution in [1.82, 2.24) is 19.0 Å². The second kappa shape index (κ2) is 12.1. The molecule has 0 N–H and O–H groups in total. The summed E-state index contributed by atoms with van der Waals surface area (Å²) in [6.45, 7) is 2.53. The third-order valence-electron chi connectivity index (χ3n) is 7.76. The normalized spacial score (nSPS) is 21.9. The minimum absolute atomic E-state index is 0.0922. The van der Waals surface area contributed by atoms with Gasteiger partial charge < -0.3 is 19.4 Å². The summed E-state index contributed by atoms with van der Waals surface area (Å²) in [4.78, 5) is 31.7. The molecule has 3 amide bonds. The highest BCUT2D eigenvalue weighted by Gasteiger charge is 2.43. The lowest BCUT2D eigenvalue weighted by Gasteiger charge is -2.39. The lowest BCUT2D eigenvalue weighted by atomic mass is 9.93. The van der Waals surface area contributed by atoms with E-state index in [2.05, 4.69) is 0 Å². The minimum Gasteiger partial charge on any atom is -0.496 e. The van der Waals surface area contributed by atoms with E-state index in [9.17, 15) is 31.2 Å². The molecule has 2 saturated heterocycles. The number of halogens is 5. The molecule has 2 aliphatic rings. The zero-order valence-electron chi connectivity index (χ0n) is 23.4. The van der Waals surface area contributed by atoms with Gasteiger partial charge in [0.25, 0.3) is 5.91 Å². The predicted molar refractivity (Wildman–Crippen MR) is 153 cm³/mol. The summed E-state index contributed by atoms with van der Waals surface area (Å²) >= 11 is 12.4. The summed E-state index contributed by atoms with van der Waals surface area (Å²) in [5.41, 5.74) is -0.560. The molecule has 0 saturated carbocycles. The Balaban J connectivity index is 1.63. The zero-order valence-corrected chi connectivity index (χ0v) is 25.7. The number of carbonyl (C=O) groups is 2. The summed E-state index contributed by atoms with van der Waals surface area (Å²) in [6, 6.07) is 6.74. The van der Waals surface area contributed by atoms with Gasteiger partial charge in [-0.2, -0.15) is 17.5 Å². The number of nitrogens with zero attached hydrogens (tertiary/aromatic N) is 4. The molecule has 2 aromatic carbocycles. The molecule has 42 heavy (non-hydrogen) atoms. The maximum Gasteiger partial charge on any atom is 0.419 e. The Morgan fingerprint density at radius 1 is 1.00 bits per heavy atom. The number of carbonyl (C=O) groups excluding carboxylic acids is 2. The van der Waals surface area contributed by atoms with E-state index in [1.807, 2.05) is 0 Å². The van der Waals surface area contributed by atoms with Gasteiger partial charge in [-0.15, -0.1) is 0 Å². The zero-order chi connectivity index (χ0) is 31.1. The van der Waals surface area contributed by atoms with Crippen LogP contribution >= 0.6 is 23.2 Å². The average molecular weight is 652 g/mol. The molecule has 2 aliphatic heterocycles. The Morgan fingerprint density at radius 2 is 1.69 bits per heavy atom. The predicted octanol–water partition coefficient (Wildman–Crippen LogP) is 4.65. The number of piperazine rings is 1. The number of likely N-dealkylation sites (tertiary alicyclic amines) is 1. The molecule has 0 aliphatic carbocycles. The van der Waals surface area contributed by atoms with Crippen molar-refractivity contribution >= 4 is 45.2 Å². The number of alkyl halides is 3. The second-order valence-corrected chi connectivity index (χ2v) is 13.3. The molecule has 15 heteroatoms. The SMILES string of the molecule is COc1ccc(C(=O)N(C)[C@@H]2CN(C(=O)N3CCN(S(C)(=O)=O)C(C)C3)C[C@H]2c2ccc(Cl)c(Cl)c2)cc1C(F)(F)F. The van der Waals surface area contributed by atoms with Crippen molar-refractivity contribution in [2.24, 2.45) is 0 Å². The fourth-order valence-corrected chi connectivity index (χ4v) is 7.07. The van der Waals surface area contributed by atoms with Gasteiger partial charge in [-0.25, -0.2) is 13.2 Å². The van der Waals surface area contributed by atoms with E-state index in [1.54, 1.807) is 34.9 Å². The van der Waals surface area contributed by atoms with E-state index in [1.165, 1.54) is 22.3 Å². The van der Waals surface area contributed by atoms with Crippen LogP contribution in [-0.2, 0) is 16.2 Å². The third kappa shape index (κ3) is 6.58. The molecule has 2 heterocycles. The third-order valence-corrected chi connectivity index (χ3v) is 9.90. The average Bonchev–Trinajstić information content (AvgIpc) is 3.37. The number of hydrogen-bond donors (Lipinski definition) is 0. The van der Waals surface area contributed by atoms with Crippen molar-refractivity contribution in [3.8, 4) is 5.75 Å². The molecular formula is C27H31Cl2F3N4O5S. The molecule has 4 rings (SSSR count). The first kappa shape index (κ1) is 32.2. The molecule has 0 radical (unpaired) electrons. The molecular weight excluding hydrogens is 620 g/mol. The monoisotopic (exact) mass is 650 g/mol. The first-order chi connectivity index (χ1) is 19.5. The molecule has 0 aromatic heterocycles. The highest BCUT2D eigenvalue weighted by molar-refractivity contribution is 7.88. The Labute approximate surface area is 252 Å². The van der Waals surface area contributed by atoms with E-state index >= 15 is 0 Å². The maximum absolute atomic E-state index is 13.7. The molecule has 9 nitrogen and oxygen atoms in total. The van der Waals surface area contributed by atoms with Gasteiger partial charge in [0.05, 0.1) is 35.0 Å². The fraction of sp³-hybridized carbons (Fsp3) is 0.481. The Kier molecular flexibility index (Phi) is 9.27. The summed E-state index contributed by atoms with van der Waals surface area (Å²) in [6.07, 6.45) is -3.61. The lowest BCUT2D eigenvalue weighted by Crippen LogP contribution is -2.57. The number of likely N-dealkylation sites (N-methyl/N-ethyl adjacent to an activating group) is 1. The van der Waals surface area contributed by atoms with Gasteiger partial charge in [0.1, 0.15) is 5.75 Å². The number of hydrogen-bond acceptors (Lipinski definition) is 5. The highest BCUT2D eigenvalue weighted by Crippen LogP contribution is 2.38. The van der Waals surface area contributed by atoms with Gasteiger partial charge >= 0.3 is 12.2 Å². The smallest absolute Gasteiger partial charge is 0.419 e. The van der Waals surface area contributed by atoms with E-state index < -0.39 is 51.4 Å². The minimum atomic E-state index is -4.74. The van der Waals surface area contributed by atoms with Gasteiger partial charge in [-0.1, -0.05) is 29.3 Å². The van der Waals surface area contributed by atoms with Crippen LogP contribution in [0.4, 0.5) is 18.0 Å². The largest absolute Gasteiger partial charge is 0.496 e. The number of rotatable bonds is 5. The number of amides is 3. The van der Waals surface area contributed by atoms with Gasteiger partial charge in [-0.05, 0) is 42.8 Å². The number of urea groups is 1. The Bertz CT molecular complexity index is 1480. The molecule has 1 unspecified atom stereocenters. The van der Waals surface area contributed by atoms with Crippen molar-refractivity contribution in [3.63, 3.8) is 0 Å². The van der Waals surface area contributed by atoms with Crippen LogP contribution in [-0.4, -0.2) is 105 Å². The molecule has 2 aromatic rings. The maximum atomic E-state index is 13.7. The van der Waals surface area contributed by atoms with Gasteiger partial charge in [-0.3, -0.25) is 4.79 Å². The van der Waals surface area contributed by atoms with Gasteiger partial charge in [0.15, 0.2) is 0 Å². The number of methoxy groups -OCH3 is 1. The first-order valence-corrected chi connectivity index (χ1v) is 15.6. The summed E-state index contributed by atoms with van der Waals surface area (Å²) in [5, 5.41) is 0.602. The van der Waals surface area contributed by atoms with Crippen LogP contribution in [0.2, 0.25) is 10.0 Å². The van der Waals surface area contributed by atoms with Crippen LogP contribution in [0.5, 0.6) is 5.75 Å². The Morgan fingerprint density at radius 3 is 2.26 bits per heavy atom. The van der Waals surface area contributed by atoms with Crippen molar-refractivity contribution in [1.29, 1.82) is 0 Å². The molecule has 2 fully saturated rings. The molecule has 230 valence electrons. The fourth-order valence-electron chi connectivity index (χ4n) is 5.63. The molecule has 3 atom stereocenters. The van der Waals surface area contributed by atoms with Crippen molar-refractivity contribution in [2.75, 3.05) is 53.1 Å². The summed E-state index contributed by atoms with van der Waals surface area (Å²) < 4.78 is 71.3. The summed E-state index contributed by atoms with van der Waals surface area (Å²) in [5.74, 6) is -1.51.